The van der Waals surface area contributed by atoms with E-state index in [1.54, 1.807) is 0 Å². The molecule has 2 amide bonds. The Kier molecular flexibility index (Phi) is 9.01. The molecule has 4 rings (SSSR count). The van der Waals surface area contributed by atoms with Gasteiger partial charge in [-0.15, -0.1) is 0 Å². The van der Waals surface area contributed by atoms with Gasteiger partial charge in [-0.25, -0.2) is 0 Å². The van der Waals surface area contributed by atoms with E-state index in [1.807, 2.05) is 36.1 Å². The van der Waals surface area contributed by atoms with Crippen molar-refractivity contribution < 1.29 is 9.59 Å². The standard InChI is InChI=1S/C28H44N4O2/c1-22-9-7-13-25(21-22)28(34)32-19-17-31(18-20-32)26(24-11-3-4-12-24)27(33)29-14-8-16-30-15-6-5-10-23(30)2/h7,9,13,21,23-24,26H,3-6,8,10-12,14-20H2,1-2H3,(H,29,33)/t23-,26-/m1/s1. The summed E-state index contributed by atoms with van der Waals surface area (Å²) >= 11 is 0. The lowest BCUT2D eigenvalue weighted by Crippen LogP contribution is -2.58. The smallest absolute Gasteiger partial charge is 0.253 e. The molecule has 1 aromatic rings. The SMILES string of the molecule is Cc1cccc(C(=O)N2CCN([C@@H](C(=O)NCCCN3CCCC[C@H]3C)C3CCCC3)CC2)c1. The van der Waals surface area contributed by atoms with Crippen LogP contribution in [0.4, 0.5) is 0 Å². The predicted octanol–water partition coefficient (Wildman–Crippen LogP) is 3.69. The Morgan fingerprint density at radius 3 is 2.44 bits per heavy atom. The normalized spacial score (nSPS) is 23.7. The third-order valence-corrected chi connectivity index (χ3v) is 8.24. The van der Waals surface area contributed by atoms with Crippen molar-refractivity contribution in [2.45, 2.75) is 77.3 Å². The predicted molar refractivity (Wildman–Crippen MR) is 137 cm³/mol. The van der Waals surface area contributed by atoms with Crippen molar-refractivity contribution in [3.63, 3.8) is 0 Å². The molecule has 188 valence electrons. The number of likely N-dealkylation sites (tertiary alicyclic amines) is 1. The highest BCUT2D eigenvalue weighted by Gasteiger charge is 2.37. The number of aryl methyl sites for hydroxylation is 1. The summed E-state index contributed by atoms with van der Waals surface area (Å²) in [5, 5.41) is 3.29. The average molecular weight is 469 g/mol. The molecular formula is C28H44N4O2. The fourth-order valence-corrected chi connectivity index (χ4v) is 6.20. The number of benzene rings is 1. The second-order valence-corrected chi connectivity index (χ2v) is 10.7. The summed E-state index contributed by atoms with van der Waals surface area (Å²) < 4.78 is 0. The van der Waals surface area contributed by atoms with Crippen LogP contribution in [0.3, 0.4) is 0 Å². The van der Waals surface area contributed by atoms with Crippen molar-refractivity contribution in [3.8, 4) is 0 Å². The highest BCUT2D eigenvalue weighted by atomic mass is 16.2. The van der Waals surface area contributed by atoms with E-state index in [0.29, 0.717) is 25.0 Å². The lowest BCUT2D eigenvalue weighted by molar-refractivity contribution is -0.129. The number of rotatable bonds is 8. The van der Waals surface area contributed by atoms with Crippen molar-refractivity contribution in [3.05, 3.63) is 35.4 Å². The molecule has 0 spiro atoms. The number of nitrogens with one attached hydrogen (secondary N) is 1. The van der Waals surface area contributed by atoms with Crippen LogP contribution >= 0.6 is 0 Å². The van der Waals surface area contributed by atoms with Crippen LogP contribution in [0.2, 0.25) is 0 Å². The Labute approximate surface area is 206 Å². The van der Waals surface area contributed by atoms with Gasteiger partial charge in [-0.3, -0.25) is 14.5 Å². The van der Waals surface area contributed by atoms with Crippen LogP contribution in [0.25, 0.3) is 0 Å². The second-order valence-electron chi connectivity index (χ2n) is 10.7. The fraction of sp³-hybridized carbons (Fsp3) is 0.714. The first kappa shape index (κ1) is 25.2. The van der Waals surface area contributed by atoms with Gasteiger partial charge in [0.1, 0.15) is 0 Å². The summed E-state index contributed by atoms with van der Waals surface area (Å²) in [6.07, 6.45) is 9.72. The van der Waals surface area contributed by atoms with Crippen LogP contribution in [0, 0.1) is 12.8 Å². The van der Waals surface area contributed by atoms with Gasteiger partial charge in [-0.2, -0.15) is 0 Å². The first-order valence-electron chi connectivity index (χ1n) is 13.6. The first-order valence-corrected chi connectivity index (χ1v) is 13.6. The molecule has 2 saturated heterocycles. The van der Waals surface area contributed by atoms with E-state index in [0.717, 1.165) is 56.6 Å². The highest BCUT2D eigenvalue weighted by molar-refractivity contribution is 5.94. The molecule has 3 aliphatic rings. The number of hydrogen-bond acceptors (Lipinski definition) is 4. The van der Waals surface area contributed by atoms with Crippen molar-refractivity contribution in [1.82, 2.24) is 20.0 Å². The summed E-state index contributed by atoms with van der Waals surface area (Å²) in [4.78, 5) is 33.2. The number of piperazine rings is 1. The average Bonchev–Trinajstić information content (AvgIpc) is 3.37. The summed E-state index contributed by atoms with van der Waals surface area (Å²) in [5.41, 5.74) is 1.87. The molecule has 1 saturated carbocycles. The van der Waals surface area contributed by atoms with E-state index in [4.69, 9.17) is 0 Å². The lowest BCUT2D eigenvalue weighted by atomic mass is 9.95. The Morgan fingerprint density at radius 1 is 1.00 bits per heavy atom. The minimum absolute atomic E-state index is 0.0485. The number of amides is 2. The molecule has 2 heterocycles. The van der Waals surface area contributed by atoms with Gasteiger partial charge in [0.25, 0.3) is 5.91 Å². The van der Waals surface area contributed by atoms with Gasteiger partial charge in [-0.05, 0) is 70.5 Å². The minimum atomic E-state index is -0.0485. The van der Waals surface area contributed by atoms with E-state index in [9.17, 15) is 9.59 Å². The van der Waals surface area contributed by atoms with E-state index in [-0.39, 0.29) is 17.9 Å². The van der Waals surface area contributed by atoms with Gasteiger partial charge in [0.05, 0.1) is 6.04 Å². The molecule has 2 atom stereocenters. The molecule has 6 nitrogen and oxygen atoms in total. The summed E-state index contributed by atoms with van der Waals surface area (Å²) in [6.45, 7) is 10.3. The van der Waals surface area contributed by atoms with Gasteiger partial charge < -0.3 is 15.1 Å². The summed E-state index contributed by atoms with van der Waals surface area (Å²) in [6, 6.07) is 8.47. The third kappa shape index (κ3) is 6.39. The minimum Gasteiger partial charge on any atom is -0.355 e. The fourth-order valence-electron chi connectivity index (χ4n) is 6.20. The maximum absolute atomic E-state index is 13.4. The highest BCUT2D eigenvalue weighted by Crippen LogP contribution is 2.31. The van der Waals surface area contributed by atoms with E-state index < -0.39 is 0 Å². The molecule has 34 heavy (non-hydrogen) atoms. The van der Waals surface area contributed by atoms with Crippen molar-refractivity contribution in [1.29, 1.82) is 0 Å². The molecule has 0 aromatic heterocycles. The molecular weight excluding hydrogens is 424 g/mol. The first-order chi connectivity index (χ1) is 16.5. The van der Waals surface area contributed by atoms with Crippen molar-refractivity contribution in [2.24, 2.45) is 5.92 Å². The van der Waals surface area contributed by atoms with Crippen LogP contribution in [-0.2, 0) is 4.79 Å². The van der Waals surface area contributed by atoms with Crippen LogP contribution in [0.5, 0.6) is 0 Å². The zero-order chi connectivity index (χ0) is 23.9. The van der Waals surface area contributed by atoms with Crippen LogP contribution in [0.15, 0.2) is 24.3 Å². The maximum Gasteiger partial charge on any atom is 0.253 e. The molecule has 3 fully saturated rings. The molecule has 2 aliphatic heterocycles. The Hall–Kier alpha value is -1.92. The number of carbonyl (C=O) groups is 2. The third-order valence-electron chi connectivity index (χ3n) is 8.24. The molecule has 0 bridgehead atoms. The summed E-state index contributed by atoms with van der Waals surface area (Å²) in [5.74, 6) is 0.760. The van der Waals surface area contributed by atoms with Gasteiger partial charge in [0.2, 0.25) is 5.91 Å². The topological polar surface area (TPSA) is 55.9 Å². The van der Waals surface area contributed by atoms with E-state index >= 15 is 0 Å². The Morgan fingerprint density at radius 2 is 1.74 bits per heavy atom. The lowest BCUT2D eigenvalue weighted by Gasteiger charge is -2.41. The number of piperidine rings is 1. The maximum atomic E-state index is 13.4. The van der Waals surface area contributed by atoms with Crippen LogP contribution in [-0.4, -0.2) is 84.4 Å². The Balaban J connectivity index is 1.29. The summed E-state index contributed by atoms with van der Waals surface area (Å²) in [7, 11) is 0. The van der Waals surface area contributed by atoms with Gasteiger partial charge in [0.15, 0.2) is 0 Å². The van der Waals surface area contributed by atoms with Crippen molar-refractivity contribution in [2.75, 3.05) is 45.8 Å². The van der Waals surface area contributed by atoms with E-state index in [1.165, 1.54) is 38.6 Å². The number of nitrogens with zero attached hydrogens (tertiary/aromatic N) is 3. The number of hydrogen-bond donors (Lipinski definition) is 1. The monoisotopic (exact) mass is 468 g/mol. The van der Waals surface area contributed by atoms with Crippen LogP contribution < -0.4 is 5.32 Å². The van der Waals surface area contributed by atoms with Gasteiger partial charge >= 0.3 is 0 Å². The molecule has 0 radical (unpaired) electrons. The second kappa shape index (κ2) is 12.2. The quantitative estimate of drug-likeness (QED) is 0.591. The van der Waals surface area contributed by atoms with E-state index in [2.05, 4.69) is 22.0 Å². The molecule has 1 aromatic carbocycles. The van der Waals surface area contributed by atoms with Gasteiger partial charge in [-0.1, -0.05) is 37.0 Å². The molecule has 6 heteroatoms. The zero-order valence-corrected chi connectivity index (χ0v) is 21.3. The largest absolute Gasteiger partial charge is 0.355 e. The number of carbonyl (C=O) groups excluding carboxylic acids is 2. The molecule has 0 unspecified atom stereocenters. The Bertz CT molecular complexity index is 814. The molecule has 1 aliphatic carbocycles. The van der Waals surface area contributed by atoms with Gasteiger partial charge in [0, 0.05) is 50.9 Å². The van der Waals surface area contributed by atoms with Crippen molar-refractivity contribution >= 4 is 11.8 Å². The zero-order valence-electron chi connectivity index (χ0n) is 21.3. The molecule has 1 N–H and O–H groups in total. The van der Waals surface area contributed by atoms with Crippen LogP contribution in [0.1, 0.15) is 74.2 Å².